The Morgan fingerprint density at radius 2 is 2.13 bits per heavy atom. The van der Waals surface area contributed by atoms with Gasteiger partial charge in [0.25, 0.3) is 5.91 Å². The number of halogens is 1. The van der Waals surface area contributed by atoms with E-state index in [4.69, 9.17) is 0 Å². The van der Waals surface area contributed by atoms with Gasteiger partial charge in [-0.3, -0.25) is 4.79 Å². The number of benzene rings is 1. The summed E-state index contributed by atoms with van der Waals surface area (Å²) in [5.74, 6) is 0.386. The van der Waals surface area contributed by atoms with Crippen LogP contribution in [0.5, 0.6) is 0 Å². The molecule has 0 aliphatic carbocycles. The Morgan fingerprint density at radius 1 is 1.35 bits per heavy atom. The van der Waals surface area contributed by atoms with E-state index in [0.717, 1.165) is 28.4 Å². The normalized spacial score (nSPS) is 15.0. The van der Waals surface area contributed by atoms with E-state index in [2.05, 4.69) is 21.9 Å². The second-order valence-electron chi connectivity index (χ2n) is 5.40. The van der Waals surface area contributed by atoms with Gasteiger partial charge >= 0.3 is 0 Å². The fourth-order valence-electron chi connectivity index (χ4n) is 2.66. The molecule has 1 aliphatic rings. The van der Waals surface area contributed by atoms with Crippen molar-refractivity contribution in [3.63, 3.8) is 0 Å². The SMILES string of the molecule is CCSNc1c(C)[nH]c(/C=C2\C(=O)Nc3ccc(F)cc32)c1C. The molecule has 1 aromatic carbocycles. The van der Waals surface area contributed by atoms with Crippen molar-refractivity contribution in [2.45, 2.75) is 20.8 Å². The number of fused-ring (bicyclic) bond motifs is 1. The zero-order valence-corrected chi connectivity index (χ0v) is 14.0. The lowest BCUT2D eigenvalue weighted by atomic mass is 10.0. The average molecular weight is 331 g/mol. The van der Waals surface area contributed by atoms with Gasteiger partial charge in [0.15, 0.2) is 0 Å². The first-order chi connectivity index (χ1) is 11.0. The Bertz CT molecular complexity index is 810. The van der Waals surface area contributed by atoms with Crippen LogP contribution in [0.3, 0.4) is 0 Å². The Morgan fingerprint density at radius 3 is 2.87 bits per heavy atom. The number of amides is 1. The molecule has 0 saturated heterocycles. The second-order valence-corrected chi connectivity index (χ2v) is 6.47. The lowest BCUT2D eigenvalue weighted by molar-refractivity contribution is -0.110. The van der Waals surface area contributed by atoms with Gasteiger partial charge in [-0.15, -0.1) is 0 Å². The maximum atomic E-state index is 13.5. The minimum absolute atomic E-state index is 0.213. The van der Waals surface area contributed by atoms with E-state index in [-0.39, 0.29) is 11.7 Å². The number of aromatic nitrogens is 1. The van der Waals surface area contributed by atoms with E-state index in [1.54, 1.807) is 24.1 Å². The largest absolute Gasteiger partial charge is 0.357 e. The molecule has 4 nitrogen and oxygen atoms in total. The van der Waals surface area contributed by atoms with Crippen LogP contribution in [0.1, 0.15) is 29.4 Å². The molecule has 0 fully saturated rings. The highest BCUT2D eigenvalue weighted by Gasteiger charge is 2.25. The molecule has 0 spiro atoms. The van der Waals surface area contributed by atoms with Gasteiger partial charge in [0.2, 0.25) is 0 Å². The van der Waals surface area contributed by atoms with Crippen LogP contribution in [0, 0.1) is 19.7 Å². The van der Waals surface area contributed by atoms with Crippen LogP contribution >= 0.6 is 11.9 Å². The molecule has 1 aromatic heterocycles. The summed E-state index contributed by atoms with van der Waals surface area (Å²) < 4.78 is 16.8. The van der Waals surface area contributed by atoms with Crippen LogP contribution in [0.2, 0.25) is 0 Å². The highest BCUT2D eigenvalue weighted by Crippen LogP contribution is 2.35. The van der Waals surface area contributed by atoms with Gasteiger partial charge in [0.1, 0.15) is 5.82 Å². The smallest absolute Gasteiger partial charge is 0.256 e. The molecule has 6 heteroatoms. The first-order valence-electron chi connectivity index (χ1n) is 7.41. The summed E-state index contributed by atoms with van der Waals surface area (Å²) in [5.41, 5.74) is 5.63. The monoisotopic (exact) mass is 331 g/mol. The van der Waals surface area contributed by atoms with Gasteiger partial charge in [0.05, 0.1) is 11.3 Å². The molecule has 3 rings (SSSR count). The minimum atomic E-state index is -0.354. The summed E-state index contributed by atoms with van der Waals surface area (Å²) in [7, 11) is 0. The van der Waals surface area contributed by atoms with Crippen molar-refractivity contribution in [2.75, 3.05) is 15.8 Å². The van der Waals surface area contributed by atoms with Crippen molar-refractivity contribution >= 4 is 40.9 Å². The Hall–Kier alpha value is -2.21. The number of aromatic amines is 1. The van der Waals surface area contributed by atoms with Gasteiger partial charge in [-0.05, 0) is 43.7 Å². The average Bonchev–Trinajstić information content (AvgIpc) is 2.96. The molecule has 0 radical (unpaired) electrons. The van der Waals surface area contributed by atoms with Crippen LogP contribution < -0.4 is 10.0 Å². The van der Waals surface area contributed by atoms with Crippen molar-refractivity contribution < 1.29 is 9.18 Å². The Balaban J connectivity index is 2.03. The third-order valence-corrected chi connectivity index (χ3v) is 4.49. The zero-order valence-electron chi connectivity index (χ0n) is 13.2. The fraction of sp³-hybridized carbons (Fsp3) is 0.235. The Labute approximate surface area is 138 Å². The van der Waals surface area contributed by atoms with Gasteiger partial charge < -0.3 is 15.0 Å². The third kappa shape index (κ3) is 2.86. The molecule has 0 atom stereocenters. The van der Waals surface area contributed by atoms with Crippen molar-refractivity contribution in [3.05, 3.63) is 46.5 Å². The quantitative estimate of drug-likeness (QED) is 0.577. The standard InChI is InChI=1S/C17H18FN3OS/c1-4-23-21-16-9(2)15(19-10(16)3)8-13-12-7-11(18)5-6-14(12)20-17(13)22/h5-8,19,21H,4H2,1-3H3,(H,20,22)/b13-8-. The summed E-state index contributed by atoms with van der Waals surface area (Å²) >= 11 is 1.62. The van der Waals surface area contributed by atoms with E-state index in [0.29, 0.717) is 16.8 Å². The highest BCUT2D eigenvalue weighted by atomic mass is 32.2. The van der Waals surface area contributed by atoms with Gasteiger partial charge in [-0.1, -0.05) is 18.9 Å². The van der Waals surface area contributed by atoms with Crippen LogP contribution in [0.15, 0.2) is 18.2 Å². The van der Waals surface area contributed by atoms with Crippen molar-refractivity contribution in [3.8, 4) is 0 Å². The van der Waals surface area contributed by atoms with E-state index in [1.807, 2.05) is 13.8 Å². The number of rotatable bonds is 4. The number of anilines is 2. The molecule has 0 unspecified atom stereocenters. The summed E-state index contributed by atoms with van der Waals surface area (Å²) in [6, 6.07) is 4.31. The molecule has 1 amide bonds. The zero-order chi connectivity index (χ0) is 16.6. The van der Waals surface area contributed by atoms with Crippen LogP contribution in [0.4, 0.5) is 15.8 Å². The summed E-state index contributed by atoms with van der Waals surface area (Å²) in [6.45, 7) is 6.05. The number of H-pyrrole nitrogens is 1. The summed E-state index contributed by atoms with van der Waals surface area (Å²) in [4.78, 5) is 15.5. The second kappa shape index (κ2) is 6.12. The number of carbonyl (C=O) groups is 1. The summed E-state index contributed by atoms with van der Waals surface area (Å²) in [6.07, 6.45) is 1.78. The highest BCUT2D eigenvalue weighted by molar-refractivity contribution is 8.00. The van der Waals surface area contributed by atoms with E-state index in [1.165, 1.54) is 12.1 Å². The number of aryl methyl sites for hydroxylation is 1. The predicted octanol–water partition coefficient (Wildman–Crippen LogP) is 4.34. The number of hydrogen-bond donors (Lipinski definition) is 3. The maximum absolute atomic E-state index is 13.5. The number of carbonyl (C=O) groups excluding carboxylic acids is 1. The molecule has 2 aromatic rings. The third-order valence-electron chi connectivity index (χ3n) is 3.85. The molecule has 120 valence electrons. The Kier molecular flexibility index (Phi) is 4.17. The molecule has 3 N–H and O–H groups in total. The van der Waals surface area contributed by atoms with Crippen LogP contribution in [-0.2, 0) is 4.79 Å². The van der Waals surface area contributed by atoms with E-state index >= 15 is 0 Å². The molecule has 23 heavy (non-hydrogen) atoms. The van der Waals surface area contributed by atoms with E-state index < -0.39 is 0 Å². The topological polar surface area (TPSA) is 56.9 Å². The van der Waals surface area contributed by atoms with Crippen LogP contribution in [0.25, 0.3) is 11.6 Å². The first-order valence-corrected chi connectivity index (χ1v) is 8.39. The predicted molar refractivity (Wildman–Crippen MR) is 94.9 cm³/mol. The molecular formula is C17H18FN3OS. The van der Waals surface area contributed by atoms with Crippen molar-refractivity contribution in [1.82, 2.24) is 4.98 Å². The van der Waals surface area contributed by atoms with Gasteiger partial charge in [-0.2, -0.15) is 0 Å². The molecule has 1 aliphatic heterocycles. The fourth-order valence-corrected chi connectivity index (χ4v) is 3.26. The van der Waals surface area contributed by atoms with Crippen molar-refractivity contribution in [2.24, 2.45) is 0 Å². The van der Waals surface area contributed by atoms with E-state index in [9.17, 15) is 9.18 Å². The number of hydrogen-bond acceptors (Lipinski definition) is 3. The molecule has 0 saturated carbocycles. The lowest BCUT2D eigenvalue weighted by Crippen LogP contribution is -2.03. The van der Waals surface area contributed by atoms with Crippen LogP contribution in [-0.4, -0.2) is 16.6 Å². The van der Waals surface area contributed by atoms with Gasteiger partial charge in [-0.25, -0.2) is 4.39 Å². The maximum Gasteiger partial charge on any atom is 0.256 e. The molecule has 2 heterocycles. The minimum Gasteiger partial charge on any atom is -0.357 e. The van der Waals surface area contributed by atoms with Gasteiger partial charge in [0, 0.05) is 28.4 Å². The first kappa shape index (κ1) is 15.7. The lowest BCUT2D eigenvalue weighted by Gasteiger charge is -2.04. The van der Waals surface area contributed by atoms with Crippen molar-refractivity contribution in [1.29, 1.82) is 0 Å². The summed E-state index contributed by atoms with van der Waals surface area (Å²) in [5, 5.41) is 2.76. The number of nitrogens with one attached hydrogen (secondary N) is 3. The molecular weight excluding hydrogens is 313 g/mol. The molecule has 0 bridgehead atoms.